The zero-order valence-electron chi connectivity index (χ0n) is 14.1. The monoisotopic (exact) mass is 339 g/mol. The second-order valence-electron chi connectivity index (χ2n) is 6.90. The highest BCUT2D eigenvalue weighted by Crippen LogP contribution is 2.39. The summed E-state index contributed by atoms with van der Waals surface area (Å²) in [5.74, 6) is 1.64. The van der Waals surface area contributed by atoms with Gasteiger partial charge in [-0.3, -0.25) is 4.79 Å². The normalized spacial score (nSPS) is 19.2. The highest BCUT2D eigenvalue weighted by Gasteiger charge is 2.44. The number of hydrogen-bond donors (Lipinski definition) is 0. The van der Waals surface area contributed by atoms with Gasteiger partial charge in [0.15, 0.2) is 11.6 Å². The van der Waals surface area contributed by atoms with E-state index in [1.807, 2.05) is 15.7 Å². The van der Waals surface area contributed by atoms with Gasteiger partial charge in [0.05, 0.1) is 25.5 Å². The minimum Gasteiger partial charge on any atom is -0.334 e. The topological polar surface area (TPSA) is 92.6 Å². The van der Waals surface area contributed by atoms with Crippen molar-refractivity contribution < 1.29 is 4.79 Å². The molecule has 3 heterocycles. The van der Waals surface area contributed by atoms with Crippen molar-refractivity contribution in [3.8, 4) is 6.07 Å². The van der Waals surface area contributed by atoms with Crippen LogP contribution in [-0.4, -0.2) is 41.7 Å². The number of hydrogen-bond acceptors (Lipinski definition) is 5. The van der Waals surface area contributed by atoms with E-state index in [4.69, 9.17) is 0 Å². The van der Waals surface area contributed by atoms with Crippen molar-refractivity contribution >= 4 is 5.91 Å². The lowest BCUT2D eigenvalue weighted by molar-refractivity contribution is -0.139. The van der Waals surface area contributed by atoms with Gasteiger partial charge in [-0.25, -0.2) is 4.98 Å². The summed E-state index contributed by atoms with van der Waals surface area (Å²) in [6.45, 7) is 2.49. The van der Waals surface area contributed by atoms with Crippen LogP contribution in [0.5, 0.6) is 0 Å². The maximum Gasteiger partial charge on any atom is 0.243 e. The van der Waals surface area contributed by atoms with Crippen LogP contribution in [0.1, 0.15) is 43.8 Å². The molecule has 0 bridgehead atoms. The molecule has 0 aromatic carbocycles. The van der Waals surface area contributed by atoms with E-state index >= 15 is 0 Å². The van der Waals surface area contributed by atoms with E-state index in [-0.39, 0.29) is 5.91 Å². The van der Waals surface area contributed by atoms with Gasteiger partial charge >= 0.3 is 0 Å². The number of rotatable bonds is 3. The van der Waals surface area contributed by atoms with Crippen molar-refractivity contribution in [2.45, 2.75) is 51.7 Å². The number of fused-ring (bicyclic) bond motifs is 1. The van der Waals surface area contributed by atoms with E-state index in [1.165, 1.54) is 0 Å². The summed E-state index contributed by atoms with van der Waals surface area (Å²) in [6.07, 6.45) is 9.50. The van der Waals surface area contributed by atoms with Gasteiger partial charge in [-0.05, 0) is 19.3 Å². The lowest BCUT2D eigenvalue weighted by atomic mass is 9.86. The van der Waals surface area contributed by atoms with E-state index in [1.54, 1.807) is 12.5 Å². The smallest absolute Gasteiger partial charge is 0.243 e. The average molecular weight is 339 g/mol. The minimum atomic E-state index is -0.825. The van der Waals surface area contributed by atoms with Crippen LogP contribution in [0.25, 0.3) is 0 Å². The summed E-state index contributed by atoms with van der Waals surface area (Å²) in [6, 6.07) is 2.31. The quantitative estimate of drug-likeness (QED) is 0.841. The van der Waals surface area contributed by atoms with Crippen molar-refractivity contribution in [3.63, 3.8) is 0 Å². The number of carbonyl (C=O) groups is 1. The summed E-state index contributed by atoms with van der Waals surface area (Å²) in [4.78, 5) is 18.9. The Morgan fingerprint density at radius 1 is 1.24 bits per heavy atom. The van der Waals surface area contributed by atoms with Crippen molar-refractivity contribution in [1.29, 1.82) is 5.26 Å². The number of carbonyl (C=O) groups excluding carboxylic acids is 1. The molecule has 2 aromatic heterocycles. The molecule has 8 heteroatoms. The Morgan fingerprint density at radius 2 is 2.08 bits per heavy atom. The maximum atomic E-state index is 13.0. The molecule has 0 spiro atoms. The van der Waals surface area contributed by atoms with E-state index in [9.17, 15) is 10.1 Å². The summed E-state index contributed by atoms with van der Waals surface area (Å²) >= 11 is 0. The van der Waals surface area contributed by atoms with Crippen LogP contribution in [0.2, 0.25) is 0 Å². The van der Waals surface area contributed by atoms with Gasteiger partial charge in [-0.2, -0.15) is 5.26 Å². The third-order valence-electron chi connectivity index (χ3n) is 5.30. The molecule has 130 valence electrons. The van der Waals surface area contributed by atoms with Crippen molar-refractivity contribution in [1.82, 2.24) is 29.2 Å². The van der Waals surface area contributed by atoms with Gasteiger partial charge in [0.1, 0.15) is 5.41 Å². The van der Waals surface area contributed by atoms with Crippen molar-refractivity contribution in [2.24, 2.45) is 5.41 Å². The van der Waals surface area contributed by atoms with E-state index < -0.39 is 5.41 Å². The Balaban J connectivity index is 1.55. The highest BCUT2D eigenvalue weighted by atomic mass is 16.2. The first-order chi connectivity index (χ1) is 12.2. The van der Waals surface area contributed by atoms with Gasteiger partial charge < -0.3 is 14.0 Å². The van der Waals surface area contributed by atoms with Crippen LogP contribution >= 0.6 is 0 Å². The Hall–Kier alpha value is -2.69. The van der Waals surface area contributed by atoms with Crippen LogP contribution in [0.3, 0.4) is 0 Å². The fourth-order valence-electron chi connectivity index (χ4n) is 3.91. The molecule has 1 amide bonds. The third-order valence-corrected chi connectivity index (χ3v) is 5.30. The summed E-state index contributed by atoms with van der Waals surface area (Å²) in [5.41, 5.74) is -0.825. The second-order valence-corrected chi connectivity index (χ2v) is 6.90. The summed E-state index contributed by atoms with van der Waals surface area (Å²) < 4.78 is 4.05. The Morgan fingerprint density at radius 3 is 2.80 bits per heavy atom. The zero-order valence-corrected chi connectivity index (χ0v) is 14.1. The van der Waals surface area contributed by atoms with Crippen LogP contribution < -0.4 is 0 Å². The minimum absolute atomic E-state index is 0.0277. The molecule has 0 atom stereocenters. The van der Waals surface area contributed by atoms with Crippen LogP contribution in [0, 0.1) is 16.7 Å². The van der Waals surface area contributed by atoms with Gasteiger partial charge in [-0.15, -0.1) is 10.2 Å². The summed E-state index contributed by atoms with van der Waals surface area (Å²) in [7, 11) is 0. The predicted molar refractivity (Wildman–Crippen MR) is 87.9 cm³/mol. The first kappa shape index (κ1) is 15.8. The average Bonchev–Trinajstić information content (AvgIpc) is 3.35. The second kappa shape index (κ2) is 6.31. The number of imidazole rings is 1. The molecule has 25 heavy (non-hydrogen) atoms. The fourth-order valence-corrected chi connectivity index (χ4v) is 3.91. The van der Waals surface area contributed by atoms with Gasteiger partial charge in [0.2, 0.25) is 5.91 Å². The van der Waals surface area contributed by atoms with Crippen LogP contribution in [0.4, 0.5) is 0 Å². The summed E-state index contributed by atoms with van der Waals surface area (Å²) in [5, 5.41) is 18.2. The van der Waals surface area contributed by atoms with Crippen molar-refractivity contribution in [2.75, 3.05) is 6.54 Å². The van der Waals surface area contributed by atoms with E-state index in [2.05, 4.69) is 25.8 Å². The molecular weight excluding hydrogens is 318 g/mol. The van der Waals surface area contributed by atoms with Gasteiger partial charge in [-0.1, -0.05) is 12.8 Å². The van der Waals surface area contributed by atoms with Crippen molar-refractivity contribution in [3.05, 3.63) is 30.4 Å². The molecule has 0 radical (unpaired) electrons. The number of amides is 1. The SMILES string of the molecule is N#CC1(C(=O)N2CCCn3c(nnc3Cn3ccnc3)C2)CCCC1. The standard InChI is InChI=1S/C17H21N7O/c18-12-17(4-1-2-5-17)16(25)23-7-3-8-24-14(20-21-15(24)11-23)10-22-9-6-19-13-22/h6,9,13H,1-5,7-8,10-11H2. The third kappa shape index (κ3) is 2.80. The van der Waals surface area contributed by atoms with Crippen LogP contribution in [-0.2, 0) is 24.4 Å². The first-order valence-corrected chi connectivity index (χ1v) is 8.79. The lowest BCUT2D eigenvalue weighted by Crippen LogP contribution is -2.41. The molecule has 1 aliphatic heterocycles. The maximum absolute atomic E-state index is 13.0. The molecule has 8 nitrogen and oxygen atoms in total. The van der Waals surface area contributed by atoms with Gasteiger partial charge in [0, 0.05) is 25.5 Å². The van der Waals surface area contributed by atoms with Crippen LogP contribution in [0.15, 0.2) is 18.7 Å². The Kier molecular flexibility index (Phi) is 3.99. The van der Waals surface area contributed by atoms with E-state index in [0.29, 0.717) is 32.5 Å². The van der Waals surface area contributed by atoms with E-state index in [0.717, 1.165) is 37.5 Å². The largest absolute Gasteiger partial charge is 0.334 e. The molecule has 4 rings (SSSR count). The molecule has 1 aliphatic carbocycles. The fraction of sp³-hybridized carbons (Fsp3) is 0.588. The molecule has 2 aromatic rings. The Labute approximate surface area is 146 Å². The lowest BCUT2D eigenvalue weighted by Gasteiger charge is -2.28. The molecule has 0 unspecified atom stereocenters. The molecule has 2 aliphatic rings. The first-order valence-electron chi connectivity index (χ1n) is 8.79. The predicted octanol–water partition coefficient (Wildman–Crippen LogP) is 1.34. The molecule has 0 N–H and O–H groups in total. The highest BCUT2D eigenvalue weighted by molar-refractivity contribution is 5.85. The number of nitriles is 1. The molecule has 1 saturated carbocycles. The number of nitrogens with zero attached hydrogens (tertiary/aromatic N) is 7. The number of aromatic nitrogens is 5. The molecular formula is C17H21N7O. The molecule has 0 saturated heterocycles. The Bertz CT molecular complexity index is 796. The molecule has 1 fully saturated rings. The van der Waals surface area contributed by atoms with Gasteiger partial charge in [0.25, 0.3) is 0 Å². The zero-order chi connectivity index (χ0) is 17.3.